The monoisotopic (exact) mass is 265 g/mol. The number of rotatable bonds is 2. The molecule has 18 heavy (non-hydrogen) atoms. The van der Waals surface area contributed by atoms with Crippen LogP contribution in [0.1, 0.15) is 52.9 Å². The third-order valence-electron chi connectivity index (χ3n) is 5.72. The lowest BCUT2D eigenvalue weighted by molar-refractivity contribution is 0.193. The van der Waals surface area contributed by atoms with Gasteiger partial charge in [-0.15, -0.1) is 0 Å². The van der Waals surface area contributed by atoms with Crippen molar-refractivity contribution in [1.82, 2.24) is 10.7 Å². The first-order valence-electron chi connectivity index (χ1n) is 7.07. The standard InChI is InChI=1S/C14H23N3S/c1-13(2)9-6-7-14(13,3)11(8-9)16-17-12(18)15-10-4-5-10/h9-10H,4-8H2,1-3H3,(H2,15,17,18)/b16-11-/t9-,14-/m0/s1. The fourth-order valence-corrected chi connectivity index (χ4v) is 3.87. The molecule has 3 fully saturated rings. The first-order valence-corrected chi connectivity index (χ1v) is 7.48. The molecule has 0 aromatic carbocycles. The van der Waals surface area contributed by atoms with Crippen LogP contribution >= 0.6 is 12.2 Å². The molecule has 4 heteroatoms. The Morgan fingerprint density at radius 2 is 2.00 bits per heavy atom. The Morgan fingerprint density at radius 3 is 2.50 bits per heavy atom. The van der Waals surface area contributed by atoms with E-state index in [1.165, 1.54) is 31.4 Å². The van der Waals surface area contributed by atoms with Crippen LogP contribution in [0.3, 0.4) is 0 Å². The molecule has 3 nitrogen and oxygen atoms in total. The molecule has 2 atom stereocenters. The van der Waals surface area contributed by atoms with Crippen molar-refractivity contribution in [3.05, 3.63) is 0 Å². The van der Waals surface area contributed by atoms with Gasteiger partial charge in [0.15, 0.2) is 5.11 Å². The third-order valence-corrected chi connectivity index (χ3v) is 5.93. The fourth-order valence-electron chi connectivity index (χ4n) is 3.66. The van der Waals surface area contributed by atoms with Crippen molar-refractivity contribution in [2.45, 2.75) is 58.9 Å². The van der Waals surface area contributed by atoms with Crippen molar-refractivity contribution >= 4 is 23.0 Å². The van der Waals surface area contributed by atoms with Crippen LogP contribution in [-0.4, -0.2) is 16.9 Å². The van der Waals surface area contributed by atoms with E-state index in [0.717, 1.165) is 12.3 Å². The molecule has 0 spiro atoms. The van der Waals surface area contributed by atoms with Crippen molar-refractivity contribution in [3.8, 4) is 0 Å². The van der Waals surface area contributed by atoms with Gasteiger partial charge in [-0.25, -0.2) is 0 Å². The molecule has 100 valence electrons. The molecule has 0 saturated heterocycles. The minimum atomic E-state index is 0.264. The molecule has 0 amide bonds. The Labute approximate surface area is 115 Å². The zero-order chi connectivity index (χ0) is 13.0. The van der Waals surface area contributed by atoms with Gasteiger partial charge < -0.3 is 5.32 Å². The summed E-state index contributed by atoms with van der Waals surface area (Å²) in [5.74, 6) is 0.799. The molecule has 0 radical (unpaired) electrons. The number of hydrogen-bond donors (Lipinski definition) is 2. The number of hydrogen-bond acceptors (Lipinski definition) is 2. The van der Waals surface area contributed by atoms with Crippen LogP contribution in [0.2, 0.25) is 0 Å². The average molecular weight is 265 g/mol. The molecule has 0 heterocycles. The first kappa shape index (κ1) is 12.4. The minimum Gasteiger partial charge on any atom is -0.359 e. The highest BCUT2D eigenvalue weighted by atomic mass is 32.1. The number of fused-ring (bicyclic) bond motifs is 2. The maximum atomic E-state index is 5.26. The smallest absolute Gasteiger partial charge is 0.187 e. The summed E-state index contributed by atoms with van der Waals surface area (Å²) in [6.07, 6.45) is 6.25. The van der Waals surface area contributed by atoms with Crippen LogP contribution in [0.15, 0.2) is 5.10 Å². The molecular weight excluding hydrogens is 242 g/mol. The largest absolute Gasteiger partial charge is 0.359 e. The van der Waals surface area contributed by atoms with E-state index in [1.807, 2.05) is 0 Å². The second-order valence-electron chi connectivity index (χ2n) is 6.91. The molecule has 3 rings (SSSR count). The van der Waals surface area contributed by atoms with Gasteiger partial charge in [0.05, 0.1) is 0 Å². The molecule has 3 aliphatic carbocycles. The molecule has 2 bridgehead atoms. The van der Waals surface area contributed by atoms with Gasteiger partial charge in [-0.1, -0.05) is 20.8 Å². The van der Waals surface area contributed by atoms with E-state index in [4.69, 9.17) is 12.2 Å². The predicted octanol–water partition coefficient (Wildman–Crippen LogP) is 2.82. The number of hydrazone groups is 1. The van der Waals surface area contributed by atoms with Gasteiger partial charge >= 0.3 is 0 Å². The van der Waals surface area contributed by atoms with Gasteiger partial charge in [-0.05, 0) is 55.7 Å². The molecule has 0 aromatic rings. The Kier molecular flexibility index (Phi) is 2.70. The lowest BCUT2D eigenvalue weighted by atomic mass is 9.70. The summed E-state index contributed by atoms with van der Waals surface area (Å²) in [7, 11) is 0. The summed E-state index contributed by atoms with van der Waals surface area (Å²) in [6.45, 7) is 7.17. The van der Waals surface area contributed by atoms with Crippen LogP contribution in [0.25, 0.3) is 0 Å². The predicted molar refractivity (Wildman–Crippen MR) is 78.6 cm³/mol. The van der Waals surface area contributed by atoms with E-state index in [-0.39, 0.29) is 5.41 Å². The zero-order valence-electron chi connectivity index (χ0n) is 11.5. The van der Waals surface area contributed by atoms with Gasteiger partial charge in [0.1, 0.15) is 0 Å². The topological polar surface area (TPSA) is 36.4 Å². The van der Waals surface area contributed by atoms with Crippen LogP contribution < -0.4 is 10.7 Å². The molecular formula is C14H23N3S. The molecule has 3 saturated carbocycles. The molecule has 0 unspecified atom stereocenters. The van der Waals surface area contributed by atoms with Crippen molar-refractivity contribution in [2.24, 2.45) is 21.8 Å². The van der Waals surface area contributed by atoms with Crippen molar-refractivity contribution < 1.29 is 0 Å². The first-order chi connectivity index (χ1) is 8.43. The highest BCUT2D eigenvalue weighted by molar-refractivity contribution is 7.80. The van der Waals surface area contributed by atoms with Crippen molar-refractivity contribution in [2.75, 3.05) is 0 Å². The van der Waals surface area contributed by atoms with Crippen LogP contribution in [0.5, 0.6) is 0 Å². The molecule has 3 aliphatic rings. The summed E-state index contributed by atoms with van der Waals surface area (Å²) in [5, 5.41) is 8.57. The Morgan fingerprint density at radius 1 is 1.28 bits per heavy atom. The number of nitrogens with one attached hydrogen (secondary N) is 2. The summed E-state index contributed by atoms with van der Waals surface area (Å²) in [5.41, 5.74) is 5.03. The van der Waals surface area contributed by atoms with Crippen molar-refractivity contribution in [1.29, 1.82) is 0 Å². The lowest BCUT2D eigenvalue weighted by Gasteiger charge is -2.34. The summed E-state index contributed by atoms with van der Waals surface area (Å²) < 4.78 is 0. The van der Waals surface area contributed by atoms with E-state index in [2.05, 4.69) is 36.6 Å². The normalized spacial score (nSPS) is 39.1. The van der Waals surface area contributed by atoms with Gasteiger partial charge in [-0.2, -0.15) is 5.10 Å². The van der Waals surface area contributed by atoms with Crippen LogP contribution in [-0.2, 0) is 0 Å². The Balaban J connectivity index is 1.68. The van der Waals surface area contributed by atoms with Crippen LogP contribution in [0, 0.1) is 16.7 Å². The van der Waals surface area contributed by atoms with E-state index in [1.54, 1.807) is 0 Å². The maximum absolute atomic E-state index is 5.26. The van der Waals surface area contributed by atoms with E-state index >= 15 is 0 Å². The average Bonchev–Trinajstić information content (AvgIpc) is 3.04. The second-order valence-corrected chi connectivity index (χ2v) is 7.32. The Bertz CT molecular complexity index is 411. The molecule has 0 aliphatic heterocycles. The fraction of sp³-hybridized carbons (Fsp3) is 0.857. The summed E-state index contributed by atoms with van der Waals surface area (Å²) in [4.78, 5) is 0. The number of thiocarbonyl (C=S) groups is 1. The van der Waals surface area contributed by atoms with Gasteiger partial charge in [0.25, 0.3) is 0 Å². The SMILES string of the molecule is CC1(C)[C@H]2CC[C@@]1(C)/C(=N\NC(=S)NC1CC1)C2. The van der Waals surface area contributed by atoms with E-state index < -0.39 is 0 Å². The third kappa shape index (κ3) is 1.77. The summed E-state index contributed by atoms with van der Waals surface area (Å²) >= 11 is 5.26. The minimum absolute atomic E-state index is 0.264. The van der Waals surface area contributed by atoms with E-state index in [9.17, 15) is 0 Å². The van der Waals surface area contributed by atoms with Gasteiger partial charge in [0, 0.05) is 17.2 Å². The van der Waals surface area contributed by atoms with Gasteiger partial charge in [-0.3, -0.25) is 5.43 Å². The zero-order valence-corrected chi connectivity index (χ0v) is 12.4. The highest BCUT2D eigenvalue weighted by Crippen LogP contribution is 2.63. The van der Waals surface area contributed by atoms with E-state index in [0.29, 0.717) is 16.6 Å². The van der Waals surface area contributed by atoms with Gasteiger partial charge in [0.2, 0.25) is 0 Å². The van der Waals surface area contributed by atoms with Crippen LogP contribution in [0.4, 0.5) is 0 Å². The molecule has 2 N–H and O–H groups in total. The molecule has 0 aromatic heterocycles. The lowest BCUT2D eigenvalue weighted by Crippen LogP contribution is -2.37. The Hall–Kier alpha value is -0.640. The summed E-state index contributed by atoms with van der Waals surface area (Å²) in [6, 6.07) is 0.595. The van der Waals surface area contributed by atoms with Crippen molar-refractivity contribution in [3.63, 3.8) is 0 Å². The second kappa shape index (κ2) is 3.92. The highest BCUT2D eigenvalue weighted by Gasteiger charge is 2.59. The maximum Gasteiger partial charge on any atom is 0.187 e. The number of nitrogens with zero attached hydrogens (tertiary/aromatic N) is 1. The quantitative estimate of drug-likeness (QED) is 0.595.